The van der Waals surface area contributed by atoms with Crippen LogP contribution in [0.25, 0.3) is 22.0 Å². The van der Waals surface area contributed by atoms with Crippen LogP contribution in [0.2, 0.25) is 0 Å². The van der Waals surface area contributed by atoms with Gasteiger partial charge in [-0.15, -0.1) is 18.3 Å². The van der Waals surface area contributed by atoms with E-state index in [1.54, 1.807) is 24.5 Å². The summed E-state index contributed by atoms with van der Waals surface area (Å²) in [6, 6.07) is 9.88. The molecule has 39 heavy (non-hydrogen) atoms. The number of aromatic amines is 1. The van der Waals surface area contributed by atoms with Gasteiger partial charge in [0.25, 0.3) is 0 Å². The number of rotatable bonds is 14. The van der Waals surface area contributed by atoms with Crippen molar-refractivity contribution in [3.05, 3.63) is 59.9 Å². The fourth-order valence-corrected chi connectivity index (χ4v) is 4.07. The molecular weight excluding hydrogens is 515 g/mol. The van der Waals surface area contributed by atoms with E-state index in [1.807, 2.05) is 12.1 Å². The molecular formula is C26H30F3N7O3. The number of alkyl halides is 3. The first-order chi connectivity index (χ1) is 18.8. The molecule has 0 amide bonds. The number of aliphatic hydroxyl groups is 1. The van der Waals surface area contributed by atoms with Gasteiger partial charge in [0.1, 0.15) is 11.6 Å². The first-order valence-corrected chi connectivity index (χ1v) is 12.4. The summed E-state index contributed by atoms with van der Waals surface area (Å²) in [5.41, 5.74) is 10.3. The lowest BCUT2D eigenvalue weighted by molar-refractivity contribution is -0.274. The van der Waals surface area contributed by atoms with Crippen molar-refractivity contribution < 1.29 is 27.8 Å². The molecule has 2 aromatic heterocycles. The van der Waals surface area contributed by atoms with Crippen molar-refractivity contribution >= 4 is 22.4 Å². The Kier molecular flexibility index (Phi) is 9.52. The summed E-state index contributed by atoms with van der Waals surface area (Å²) in [5, 5.41) is 31.7. The number of aromatic nitrogens is 4. The average molecular weight is 546 g/mol. The van der Waals surface area contributed by atoms with E-state index in [9.17, 15) is 18.3 Å². The predicted molar refractivity (Wildman–Crippen MR) is 141 cm³/mol. The SMILES string of the molecule is Nc1cc(-c2cc(NCCOCCCCNCc3cc(CO)cc(OC(F)(F)F)c3)c3cn[nH]c3c2)cnn1. The lowest BCUT2D eigenvalue weighted by atomic mass is 10.0. The molecule has 0 saturated heterocycles. The number of ether oxygens (including phenoxy) is 2. The van der Waals surface area contributed by atoms with Gasteiger partial charge in [-0.25, -0.2) is 0 Å². The van der Waals surface area contributed by atoms with E-state index in [-0.39, 0.29) is 12.4 Å². The van der Waals surface area contributed by atoms with E-state index in [0.717, 1.165) is 40.6 Å². The first kappa shape index (κ1) is 28.1. The number of nitrogens with one attached hydrogen (secondary N) is 3. The van der Waals surface area contributed by atoms with E-state index in [0.29, 0.717) is 49.8 Å². The van der Waals surface area contributed by atoms with Gasteiger partial charge < -0.3 is 30.9 Å². The molecule has 4 rings (SSSR count). The van der Waals surface area contributed by atoms with Gasteiger partial charge in [-0.2, -0.15) is 10.2 Å². The number of hydrogen-bond donors (Lipinski definition) is 5. The van der Waals surface area contributed by atoms with Crippen LogP contribution in [-0.4, -0.2) is 58.2 Å². The second-order valence-corrected chi connectivity index (χ2v) is 8.84. The fraction of sp³-hybridized carbons (Fsp3) is 0.346. The Labute approximate surface area is 222 Å². The molecule has 2 aromatic carbocycles. The summed E-state index contributed by atoms with van der Waals surface area (Å²) in [6.07, 6.45) is 0.292. The topological polar surface area (TPSA) is 143 Å². The molecule has 6 N–H and O–H groups in total. The Morgan fingerprint density at radius 3 is 2.59 bits per heavy atom. The molecule has 0 unspecified atom stereocenters. The van der Waals surface area contributed by atoms with E-state index >= 15 is 0 Å². The van der Waals surface area contributed by atoms with Crippen molar-refractivity contribution in [3.8, 4) is 16.9 Å². The third-order valence-electron chi connectivity index (χ3n) is 5.79. The third kappa shape index (κ3) is 8.53. The van der Waals surface area contributed by atoms with Crippen LogP contribution >= 0.6 is 0 Å². The number of nitrogens with zero attached hydrogens (tertiary/aromatic N) is 3. The monoisotopic (exact) mass is 545 g/mol. The van der Waals surface area contributed by atoms with E-state index in [1.165, 1.54) is 12.1 Å². The van der Waals surface area contributed by atoms with E-state index in [4.69, 9.17) is 10.5 Å². The molecule has 0 fully saturated rings. The van der Waals surface area contributed by atoms with Crippen LogP contribution in [0.5, 0.6) is 5.75 Å². The van der Waals surface area contributed by atoms with Crippen LogP contribution in [0, 0.1) is 0 Å². The Morgan fingerprint density at radius 2 is 1.79 bits per heavy atom. The molecule has 0 radical (unpaired) electrons. The zero-order valence-corrected chi connectivity index (χ0v) is 21.1. The van der Waals surface area contributed by atoms with Gasteiger partial charge in [0.05, 0.1) is 31.1 Å². The van der Waals surface area contributed by atoms with Crippen molar-refractivity contribution in [2.24, 2.45) is 0 Å². The van der Waals surface area contributed by atoms with Crippen LogP contribution in [0.4, 0.5) is 24.7 Å². The number of fused-ring (bicyclic) bond motifs is 1. The summed E-state index contributed by atoms with van der Waals surface area (Å²) < 4.78 is 47.2. The van der Waals surface area contributed by atoms with Gasteiger partial charge >= 0.3 is 6.36 Å². The second kappa shape index (κ2) is 13.2. The van der Waals surface area contributed by atoms with Gasteiger partial charge in [-0.05, 0) is 66.4 Å². The van der Waals surface area contributed by atoms with Gasteiger partial charge in [0.2, 0.25) is 0 Å². The van der Waals surface area contributed by atoms with Crippen LogP contribution in [0.3, 0.4) is 0 Å². The van der Waals surface area contributed by atoms with Gasteiger partial charge in [0, 0.05) is 36.3 Å². The fourth-order valence-electron chi connectivity index (χ4n) is 4.07. The summed E-state index contributed by atoms with van der Waals surface area (Å²) in [5.74, 6) is 0.00282. The van der Waals surface area contributed by atoms with Gasteiger partial charge in [0.15, 0.2) is 0 Å². The van der Waals surface area contributed by atoms with Crippen LogP contribution < -0.4 is 21.1 Å². The zero-order chi connectivity index (χ0) is 27.7. The Morgan fingerprint density at radius 1 is 0.949 bits per heavy atom. The average Bonchev–Trinajstić information content (AvgIpc) is 3.37. The summed E-state index contributed by atoms with van der Waals surface area (Å²) in [6.45, 7) is 2.34. The lowest BCUT2D eigenvalue weighted by Gasteiger charge is -2.13. The molecule has 0 aliphatic rings. The number of nitrogen functional groups attached to an aromatic ring is 1. The lowest BCUT2D eigenvalue weighted by Crippen LogP contribution is -2.18. The summed E-state index contributed by atoms with van der Waals surface area (Å²) >= 11 is 0. The standard InChI is InChI=1S/C26H30F3N7O3/c27-26(28,29)39-21-8-17(7-18(9-21)16-37)13-31-3-1-2-5-38-6-4-32-23-10-19(11-24-22(23)15-34-35-24)20-12-25(30)36-33-14-20/h7-12,14-15,31-32,37H,1-6,13,16H2,(H2,30,36)(H,34,35). The number of hydrogen-bond acceptors (Lipinski definition) is 9. The molecule has 0 spiro atoms. The van der Waals surface area contributed by atoms with Crippen molar-refractivity contribution in [1.82, 2.24) is 25.7 Å². The number of nitrogens with two attached hydrogens (primary N) is 1. The maximum absolute atomic E-state index is 12.5. The third-order valence-corrected chi connectivity index (χ3v) is 5.79. The number of unbranched alkanes of at least 4 members (excludes halogenated alkanes) is 1. The summed E-state index contributed by atoms with van der Waals surface area (Å²) in [4.78, 5) is 0. The molecule has 10 nitrogen and oxygen atoms in total. The Bertz CT molecular complexity index is 1360. The van der Waals surface area contributed by atoms with Crippen molar-refractivity contribution in [3.63, 3.8) is 0 Å². The highest BCUT2D eigenvalue weighted by Gasteiger charge is 2.31. The van der Waals surface area contributed by atoms with Crippen molar-refractivity contribution in [2.45, 2.75) is 32.4 Å². The number of aliphatic hydroxyl groups excluding tert-OH is 1. The molecule has 0 atom stereocenters. The number of H-pyrrole nitrogens is 1. The maximum atomic E-state index is 12.5. The zero-order valence-electron chi connectivity index (χ0n) is 21.1. The van der Waals surface area contributed by atoms with Crippen LogP contribution in [0.1, 0.15) is 24.0 Å². The molecule has 208 valence electrons. The summed E-state index contributed by atoms with van der Waals surface area (Å²) in [7, 11) is 0. The largest absolute Gasteiger partial charge is 0.573 e. The normalized spacial score (nSPS) is 11.7. The number of halogens is 3. The molecule has 13 heteroatoms. The quantitative estimate of drug-likeness (QED) is 0.149. The van der Waals surface area contributed by atoms with E-state index in [2.05, 4.69) is 35.8 Å². The van der Waals surface area contributed by atoms with E-state index < -0.39 is 6.36 Å². The van der Waals surface area contributed by atoms with Crippen molar-refractivity contribution in [2.75, 3.05) is 37.4 Å². The van der Waals surface area contributed by atoms with Crippen molar-refractivity contribution in [1.29, 1.82) is 0 Å². The highest BCUT2D eigenvalue weighted by atomic mass is 19.4. The maximum Gasteiger partial charge on any atom is 0.573 e. The molecule has 0 aliphatic carbocycles. The minimum Gasteiger partial charge on any atom is -0.406 e. The van der Waals surface area contributed by atoms with Crippen LogP contribution in [0.15, 0.2) is 48.8 Å². The van der Waals surface area contributed by atoms with Gasteiger partial charge in [-0.3, -0.25) is 5.10 Å². The first-order valence-electron chi connectivity index (χ1n) is 12.4. The smallest absolute Gasteiger partial charge is 0.406 e. The number of anilines is 2. The molecule has 0 aliphatic heterocycles. The molecule has 0 saturated carbocycles. The van der Waals surface area contributed by atoms with Gasteiger partial charge in [-0.1, -0.05) is 6.07 Å². The molecule has 4 aromatic rings. The minimum atomic E-state index is -4.78. The second-order valence-electron chi connectivity index (χ2n) is 8.84. The molecule has 2 heterocycles. The number of benzene rings is 2. The highest BCUT2D eigenvalue weighted by Crippen LogP contribution is 2.30. The molecule has 0 bridgehead atoms. The van der Waals surface area contributed by atoms with Crippen LogP contribution in [-0.2, 0) is 17.9 Å². The minimum absolute atomic E-state index is 0.341. The highest BCUT2D eigenvalue weighted by molar-refractivity contribution is 5.95. The Balaban J connectivity index is 1.15. The Hall–Kier alpha value is -3.94. The predicted octanol–water partition coefficient (Wildman–Crippen LogP) is 3.99.